The van der Waals surface area contributed by atoms with Gasteiger partial charge in [0.25, 0.3) is 5.91 Å². The second kappa shape index (κ2) is 10.5. The molecule has 1 aliphatic rings. The lowest BCUT2D eigenvalue weighted by Crippen LogP contribution is -2.59. The van der Waals surface area contributed by atoms with E-state index in [0.29, 0.717) is 48.5 Å². The van der Waals surface area contributed by atoms with Crippen LogP contribution in [-0.2, 0) is 13.0 Å². The van der Waals surface area contributed by atoms with Crippen LogP contribution < -0.4 is 15.5 Å². The number of piperidine rings is 1. The number of hydrogen-bond acceptors (Lipinski definition) is 7. The molecule has 3 aromatic rings. The van der Waals surface area contributed by atoms with E-state index >= 15 is 0 Å². The maximum absolute atomic E-state index is 12.9. The number of rotatable bonds is 8. The molecule has 0 radical (unpaired) electrons. The molecule has 1 fully saturated rings. The number of H-pyrrole nitrogens is 1. The average molecular weight is 503 g/mol. The number of carboxylic acid groups (broad SMARTS) is 1. The van der Waals surface area contributed by atoms with Gasteiger partial charge in [0.1, 0.15) is 4.88 Å². The summed E-state index contributed by atoms with van der Waals surface area (Å²) in [7, 11) is 0. The van der Waals surface area contributed by atoms with Crippen molar-refractivity contribution in [3.8, 4) is 0 Å². The first-order chi connectivity index (χ1) is 16.4. The molecule has 0 unspecified atom stereocenters. The lowest BCUT2D eigenvalue weighted by Gasteiger charge is -2.39. The number of benzene rings is 1. The van der Waals surface area contributed by atoms with Crippen LogP contribution in [0.15, 0.2) is 30.3 Å². The monoisotopic (exact) mass is 502 g/mol. The van der Waals surface area contributed by atoms with Crippen LogP contribution in [0, 0.1) is 6.92 Å². The summed E-state index contributed by atoms with van der Waals surface area (Å²) in [6, 6.07) is 9.79. The highest BCUT2D eigenvalue weighted by molar-refractivity contribution is 7.17. The number of nitrogens with zero attached hydrogens (tertiary/aromatic N) is 3. The Morgan fingerprint density at radius 3 is 2.68 bits per heavy atom. The summed E-state index contributed by atoms with van der Waals surface area (Å²) in [5.41, 5.74) is 2.38. The Labute approximate surface area is 206 Å². The summed E-state index contributed by atoms with van der Waals surface area (Å²) in [4.78, 5) is 38.3. The van der Waals surface area contributed by atoms with Crippen LogP contribution in [0.1, 0.15) is 50.6 Å². The van der Waals surface area contributed by atoms with E-state index in [1.54, 1.807) is 6.92 Å². The van der Waals surface area contributed by atoms with Gasteiger partial charge >= 0.3 is 5.97 Å². The number of anilines is 1. The number of nitrogens with one attached hydrogen (secondary N) is 3. The largest absolute Gasteiger partial charge is 0.477 e. The molecule has 1 aromatic carbocycles. The number of carbonyl (C=O) groups excluding carboxylic acids is 1. The molecule has 0 bridgehead atoms. The van der Waals surface area contributed by atoms with Gasteiger partial charge in [0.15, 0.2) is 16.1 Å². The fourth-order valence-electron chi connectivity index (χ4n) is 4.03. The van der Waals surface area contributed by atoms with Crippen LogP contribution in [-0.4, -0.2) is 57.1 Å². The fraction of sp³-hybridized carbons (Fsp3) is 0.391. The molecule has 4 N–H and O–H groups in total. The van der Waals surface area contributed by atoms with E-state index in [1.165, 1.54) is 11.3 Å². The van der Waals surface area contributed by atoms with Crippen molar-refractivity contribution in [1.29, 1.82) is 0 Å². The quantitative estimate of drug-likeness (QED) is 0.373. The van der Waals surface area contributed by atoms with Crippen LogP contribution in [0.3, 0.4) is 0 Å². The van der Waals surface area contributed by atoms with Gasteiger partial charge in [-0.1, -0.05) is 60.2 Å². The number of aryl methyl sites for hydroxylation is 2. The van der Waals surface area contributed by atoms with Crippen molar-refractivity contribution in [3.05, 3.63) is 63.1 Å². The van der Waals surface area contributed by atoms with E-state index in [9.17, 15) is 14.7 Å². The Kier molecular flexibility index (Phi) is 7.50. The number of carbonyl (C=O) groups is 2. The molecule has 0 aliphatic carbocycles. The Hall–Kier alpha value is -2.95. The van der Waals surface area contributed by atoms with Crippen molar-refractivity contribution >= 4 is 39.9 Å². The van der Waals surface area contributed by atoms with Crippen LogP contribution >= 0.6 is 22.9 Å². The Bertz CT molecular complexity index is 1160. The molecule has 3 heterocycles. The van der Waals surface area contributed by atoms with E-state index < -0.39 is 5.97 Å². The molecule has 180 valence electrons. The van der Waals surface area contributed by atoms with Gasteiger partial charge in [-0.2, -0.15) is 0 Å². The minimum Gasteiger partial charge on any atom is -0.477 e. The Morgan fingerprint density at radius 1 is 1.26 bits per heavy atom. The first-order valence-corrected chi connectivity index (χ1v) is 12.3. The highest BCUT2D eigenvalue weighted by Gasteiger charge is 2.33. The standard InChI is InChI=1S/C23H27ClN6O3S/c1-3-15-19(24)29-20(27-15)21(31)28-16-9-10-30(23-26-13(2)18(34-23)22(32)33)12-17(16)25-11-14-7-5-4-6-8-14/h4-8,16-17,25H,3,9-12H2,1-2H3,(H,27,29)(H,28,31)(H,32,33)/t16-,17+/m0/s1. The normalized spacial score (nSPS) is 18.1. The molecule has 2 aromatic heterocycles. The van der Waals surface area contributed by atoms with Crippen molar-refractivity contribution in [1.82, 2.24) is 25.6 Å². The third-order valence-electron chi connectivity index (χ3n) is 5.89. The number of halogens is 1. The van der Waals surface area contributed by atoms with Gasteiger partial charge in [-0.15, -0.1) is 0 Å². The molecule has 0 spiro atoms. The topological polar surface area (TPSA) is 123 Å². The van der Waals surface area contributed by atoms with E-state index in [1.807, 2.05) is 37.3 Å². The van der Waals surface area contributed by atoms with Crippen LogP contribution in [0.25, 0.3) is 0 Å². The zero-order valence-corrected chi connectivity index (χ0v) is 20.5. The van der Waals surface area contributed by atoms with Gasteiger partial charge in [-0.05, 0) is 25.3 Å². The molecule has 4 rings (SSSR count). The van der Waals surface area contributed by atoms with Gasteiger partial charge in [0, 0.05) is 31.7 Å². The van der Waals surface area contributed by atoms with Crippen molar-refractivity contribution in [2.75, 3.05) is 18.0 Å². The maximum Gasteiger partial charge on any atom is 0.347 e. The molecular weight excluding hydrogens is 476 g/mol. The van der Waals surface area contributed by atoms with Crippen molar-refractivity contribution < 1.29 is 14.7 Å². The summed E-state index contributed by atoms with van der Waals surface area (Å²) >= 11 is 7.29. The average Bonchev–Trinajstić information content (AvgIpc) is 3.41. The van der Waals surface area contributed by atoms with Crippen LogP contribution in [0.2, 0.25) is 5.15 Å². The fourth-order valence-corrected chi connectivity index (χ4v) is 5.24. The zero-order valence-electron chi connectivity index (χ0n) is 19.0. The van der Waals surface area contributed by atoms with Gasteiger partial charge in [-0.25, -0.2) is 14.8 Å². The summed E-state index contributed by atoms with van der Waals surface area (Å²) in [6.45, 7) is 5.50. The lowest BCUT2D eigenvalue weighted by atomic mass is 9.99. The number of aromatic nitrogens is 3. The number of amides is 1. The second-order valence-electron chi connectivity index (χ2n) is 8.21. The van der Waals surface area contributed by atoms with Crippen LogP contribution in [0.4, 0.5) is 5.13 Å². The predicted octanol–water partition coefficient (Wildman–Crippen LogP) is 3.26. The molecular formula is C23H27ClN6O3S. The van der Waals surface area contributed by atoms with Gasteiger partial charge in [-0.3, -0.25) is 4.79 Å². The van der Waals surface area contributed by atoms with Crippen LogP contribution in [0.5, 0.6) is 0 Å². The van der Waals surface area contributed by atoms with Gasteiger partial charge in [0.2, 0.25) is 0 Å². The lowest BCUT2D eigenvalue weighted by molar-refractivity contribution is 0.0700. The molecule has 1 amide bonds. The molecule has 11 heteroatoms. The zero-order chi connectivity index (χ0) is 24.2. The molecule has 9 nitrogen and oxygen atoms in total. The predicted molar refractivity (Wildman–Crippen MR) is 132 cm³/mol. The summed E-state index contributed by atoms with van der Waals surface area (Å²) < 4.78 is 0. The Balaban J connectivity index is 1.50. The first-order valence-electron chi connectivity index (χ1n) is 11.1. The number of aromatic amines is 1. The minimum atomic E-state index is -0.967. The van der Waals surface area contributed by atoms with Crippen molar-refractivity contribution in [2.45, 2.75) is 45.3 Å². The number of imidazole rings is 1. The van der Waals surface area contributed by atoms with E-state index in [-0.39, 0.29) is 28.7 Å². The Morgan fingerprint density at radius 2 is 2.03 bits per heavy atom. The van der Waals surface area contributed by atoms with Crippen molar-refractivity contribution in [3.63, 3.8) is 0 Å². The van der Waals surface area contributed by atoms with Crippen molar-refractivity contribution in [2.24, 2.45) is 0 Å². The first kappa shape index (κ1) is 24.2. The number of carboxylic acids is 1. The third-order valence-corrected chi connectivity index (χ3v) is 7.41. The highest BCUT2D eigenvalue weighted by atomic mass is 35.5. The highest BCUT2D eigenvalue weighted by Crippen LogP contribution is 2.28. The minimum absolute atomic E-state index is 0.0912. The second-order valence-corrected chi connectivity index (χ2v) is 9.55. The SMILES string of the molecule is CCc1[nH]c(C(=O)N[C@H]2CCN(c3nc(C)c(C(=O)O)s3)C[C@H]2NCc2ccccc2)nc1Cl. The number of thiazole rings is 1. The van der Waals surface area contributed by atoms with Gasteiger partial charge < -0.3 is 25.6 Å². The van der Waals surface area contributed by atoms with E-state index in [4.69, 9.17) is 11.6 Å². The van der Waals surface area contributed by atoms with Gasteiger partial charge in [0.05, 0.1) is 11.4 Å². The van der Waals surface area contributed by atoms with E-state index in [2.05, 4.69) is 30.5 Å². The third kappa shape index (κ3) is 5.40. The molecule has 1 saturated heterocycles. The smallest absolute Gasteiger partial charge is 0.347 e. The molecule has 2 atom stereocenters. The number of hydrogen-bond donors (Lipinski definition) is 4. The maximum atomic E-state index is 12.9. The summed E-state index contributed by atoms with van der Waals surface area (Å²) in [6.07, 6.45) is 1.32. The summed E-state index contributed by atoms with van der Waals surface area (Å²) in [5.74, 6) is -1.07. The summed E-state index contributed by atoms with van der Waals surface area (Å²) in [5, 5.41) is 17.1. The molecule has 0 saturated carbocycles. The molecule has 34 heavy (non-hydrogen) atoms. The number of aromatic carboxylic acids is 1. The molecule has 1 aliphatic heterocycles. The van der Waals surface area contributed by atoms with E-state index in [0.717, 1.165) is 11.3 Å².